The Kier molecular flexibility index (Phi) is 7.14. The van der Waals surface area contributed by atoms with E-state index in [4.69, 9.17) is 21.7 Å². The maximum Gasteiger partial charge on any atom is 0.320 e. The number of hydrogen-bond acceptors (Lipinski definition) is 5. The van der Waals surface area contributed by atoms with Crippen LogP contribution in [-0.2, 0) is 14.4 Å². The van der Waals surface area contributed by atoms with Crippen LogP contribution in [0.3, 0.4) is 0 Å². The van der Waals surface area contributed by atoms with Gasteiger partial charge in [0.15, 0.2) is 0 Å². The Morgan fingerprint density at radius 3 is 2.06 bits per heavy atom. The maximum absolute atomic E-state index is 11.5. The molecule has 0 aliphatic heterocycles. The van der Waals surface area contributed by atoms with Gasteiger partial charge < -0.3 is 21.7 Å². The van der Waals surface area contributed by atoms with E-state index in [1.165, 1.54) is 0 Å². The molecule has 7 nitrogen and oxygen atoms in total. The quantitative estimate of drug-likeness (QED) is 0.440. The van der Waals surface area contributed by atoms with Crippen molar-refractivity contribution in [2.45, 2.75) is 44.7 Å². The van der Waals surface area contributed by atoms with Gasteiger partial charge in [-0.1, -0.05) is 6.92 Å². The number of hydrogen-bond donors (Lipinski definition) is 4. The number of carbonyl (C=O) groups excluding carboxylic acids is 1. The first-order chi connectivity index (χ1) is 8.25. The molecule has 0 saturated carbocycles. The normalized spacial score (nSPS) is 15.7. The van der Waals surface area contributed by atoms with E-state index in [0.717, 1.165) is 0 Å². The van der Waals surface area contributed by atoms with Gasteiger partial charge in [0.1, 0.15) is 11.8 Å². The predicted molar refractivity (Wildman–Crippen MR) is 63.9 cm³/mol. The van der Waals surface area contributed by atoms with Gasteiger partial charge in [0.25, 0.3) is 0 Å². The summed E-state index contributed by atoms with van der Waals surface area (Å²) in [5, 5.41) is 17.1. The van der Waals surface area contributed by atoms with E-state index in [2.05, 4.69) is 0 Å². The Morgan fingerprint density at radius 1 is 1.06 bits per heavy atom. The summed E-state index contributed by atoms with van der Waals surface area (Å²) >= 11 is 0. The van der Waals surface area contributed by atoms with Crippen molar-refractivity contribution >= 4 is 17.7 Å². The van der Waals surface area contributed by atoms with Crippen LogP contribution in [0.1, 0.15) is 32.6 Å². The lowest BCUT2D eigenvalue weighted by atomic mass is 9.94. The number of carboxylic acids is 2. The van der Waals surface area contributed by atoms with Crippen molar-refractivity contribution in [1.29, 1.82) is 0 Å². The lowest BCUT2D eigenvalue weighted by Crippen LogP contribution is -2.37. The van der Waals surface area contributed by atoms with Crippen LogP contribution in [0, 0.1) is 5.92 Å². The van der Waals surface area contributed by atoms with Gasteiger partial charge in [0, 0.05) is 12.8 Å². The first kappa shape index (κ1) is 16.5. The van der Waals surface area contributed by atoms with Crippen LogP contribution < -0.4 is 11.5 Å². The smallest absolute Gasteiger partial charge is 0.320 e. The minimum Gasteiger partial charge on any atom is -0.481 e. The van der Waals surface area contributed by atoms with E-state index in [1.807, 2.05) is 0 Å². The first-order valence-corrected chi connectivity index (χ1v) is 5.74. The Hall–Kier alpha value is -1.47. The highest BCUT2D eigenvalue weighted by Gasteiger charge is 2.22. The van der Waals surface area contributed by atoms with E-state index in [-0.39, 0.29) is 31.0 Å². The molecule has 0 bridgehead atoms. The Labute approximate surface area is 105 Å². The molecule has 0 radical (unpaired) electrons. The van der Waals surface area contributed by atoms with Gasteiger partial charge in [-0.2, -0.15) is 0 Å². The summed E-state index contributed by atoms with van der Waals surface area (Å²) in [5.74, 6) is -2.71. The number of ketones is 1. The van der Waals surface area contributed by atoms with Crippen LogP contribution in [0.15, 0.2) is 0 Å². The number of carbonyl (C=O) groups is 3. The van der Waals surface area contributed by atoms with Gasteiger partial charge in [-0.3, -0.25) is 14.4 Å². The molecule has 0 aliphatic carbocycles. The number of nitrogens with two attached hydrogens (primary N) is 2. The Balaban J connectivity index is 4.02. The molecule has 0 rings (SSSR count). The molecular formula is C11H20N2O5. The van der Waals surface area contributed by atoms with Crippen LogP contribution in [0.25, 0.3) is 0 Å². The fraction of sp³-hybridized carbons (Fsp3) is 0.727. The summed E-state index contributed by atoms with van der Waals surface area (Å²) in [5.41, 5.74) is 10.9. The summed E-state index contributed by atoms with van der Waals surface area (Å²) in [4.78, 5) is 32.5. The summed E-state index contributed by atoms with van der Waals surface area (Å²) in [6, 6.07) is -1.82. The number of Topliss-reactive ketones (excluding diaryl/α,β-unsaturated/α-hetero) is 1. The van der Waals surface area contributed by atoms with Crippen LogP contribution in [0.5, 0.6) is 0 Å². The first-order valence-electron chi connectivity index (χ1n) is 5.74. The molecule has 0 heterocycles. The van der Waals surface area contributed by atoms with E-state index >= 15 is 0 Å². The SMILES string of the molecule is C[C@@H](CCC(=O)[C@@H](N)CCC(=O)O)[C@H](N)C(=O)O. The average Bonchev–Trinajstić information content (AvgIpc) is 2.30. The fourth-order valence-electron chi connectivity index (χ4n) is 1.42. The maximum atomic E-state index is 11.5. The topological polar surface area (TPSA) is 144 Å². The van der Waals surface area contributed by atoms with Crippen molar-refractivity contribution in [2.75, 3.05) is 0 Å². The lowest BCUT2D eigenvalue weighted by Gasteiger charge is -2.16. The van der Waals surface area contributed by atoms with E-state index in [9.17, 15) is 14.4 Å². The number of aliphatic carboxylic acids is 2. The molecule has 18 heavy (non-hydrogen) atoms. The van der Waals surface area contributed by atoms with Gasteiger partial charge >= 0.3 is 11.9 Å². The van der Waals surface area contributed by atoms with Crippen LogP contribution in [0.2, 0.25) is 0 Å². The summed E-state index contributed by atoms with van der Waals surface area (Å²) in [6.07, 6.45) is 0.376. The molecule has 0 spiro atoms. The molecule has 0 fully saturated rings. The average molecular weight is 260 g/mol. The van der Waals surface area contributed by atoms with E-state index in [0.29, 0.717) is 6.42 Å². The second-order valence-electron chi connectivity index (χ2n) is 4.39. The summed E-state index contributed by atoms with van der Waals surface area (Å²) in [7, 11) is 0. The molecule has 0 aliphatic rings. The zero-order valence-corrected chi connectivity index (χ0v) is 10.3. The second-order valence-corrected chi connectivity index (χ2v) is 4.39. The van der Waals surface area contributed by atoms with Crippen LogP contribution in [-0.4, -0.2) is 40.0 Å². The Bertz CT molecular complexity index is 319. The zero-order valence-electron chi connectivity index (χ0n) is 10.3. The highest BCUT2D eigenvalue weighted by Crippen LogP contribution is 2.11. The van der Waals surface area contributed by atoms with Crippen molar-refractivity contribution in [3.8, 4) is 0 Å². The standard InChI is InChI=1S/C11H20N2O5/c1-6(10(13)11(17)18)2-4-8(14)7(12)3-5-9(15)16/h6-7,10H,2-5,12-13H2,1H3,(H,15,16)(H,17,18)/t6-,7-,10-/m0/s1. The van der Waals surface area contributed by atoms with E-state index < -0.39 is 24.0 Å². The molecule has 7 heteroatoms. The van der Waals surface area contributed by atoms with Crippen molar-refractivity contribution in [2.24, 2.45) is 17.4 Å². The van der Waals surface area contributed by atoms with Crippen LogP contribution in [0.4, 0.5) is 0 Å². The number of rotatable bonds is 9. The third-order valence-corrected chi connectivity index (χ3v) is 2.83. The molecule has 104 valence electrons. The third kappa shape index (κ3) is 6.31. The van der Waals surface area contributed by atoms with Gasteiger partial charge in [0.2, 0.25) is 0 Å². The minimum atomic E-state index is -1.11. The lowest BCUT2D eigenvalue weighted by molar-refractivity contribution is -0.140. The van der Waals surface area contributed by atoms with Crippen molar-refractivity contribution in [3.05, 3.63) is 0 Å². The molecule has 0 unspecified atom stereocenters. The molecule has 0 aromatic carbocycles. The van der Waals surface area contributed by atoms with Gasteiger partial charge in [0.05, 0.1) is 6.04 Å². The fourth-order valence-corrected chi connectivity index (χ4v) is 1.42. The summed E-state index contributed by atoms with van der Waals surface area (Å²) < 4.78 is 0. The second kappa shape index (κ2) is 7.78. The minimum absolute atomic E-state index is 0.0908. The summed E-state index contributed by atoms with van der Waals surface area (Å²) in [6.45, 7) is 1.65. The highest BCUT2D eigenvalue weighted by atomic mass is 16.4. The third-order valence-electron chi connectivity index (χ3n) is 2.83. The van der Waals surface area contributed by atoms with Crippen molar-refractivity contribution < 1.29 is 24.6 Å². The predicted octanol–water partition coefficient (Wildman–Crippen LogP) is -0.424. The van der Waals surface area contributed by atoms with Gasteiger partial charge in [-0.05, 0) is 18.8 Å². The molecule has 0 aromatic heterocycles. The van der Waals surface area contributed by atoms with Crippen molar-refractivity contribution in [1.82, 2.24) is 0 Å². The number of carboxylic acid groups (broad SMARTS) is 2. The molecule has 0 amide bonds. The molecule has 0 saturated heterocycles. The molecule has 6 N–H and O–H groups in total. The van der Waals surface area contributed by atoms with Gasteiger partial charge in [-0.25, -0.2) is 0 Å². The van der Waals surface area contributed by atoms with Gasteiger partial charge in [-0.15, -0.1) is 0 Å². The highest BCUT2D eigenvalue weighted by molar-refractivity contribution is 5.84. The zero-order chi connectivity index (χ0) is 14.3. The largest absolute Gasteiger partial charge is 0.481 e. The molecule has 0 aromatic rings. The monoisotopic (exact) mass is 260 g/mol. The van der Waals surface area contributed by atoms with E-state index in [1.54, 1.807) is 6.92 Å². The Morgan fingerprint density at radius 2 is 1.61 bits per heavy atom. The molecule has 3 atom stereocenters. The van der Waals surface area contributed by atoms with Crippen LogP contribution >= 0.6 is 0 Å². The molecular weight excluding hydrogens is 240 g/mol. The van der Waals surface area contributed by atoms with Crippen molar-refractivity contribution in [3.63, 3.8) is 0 Å².